The molecule has 114 valence electrons. The highest BCUT2D eigenvalue weighted by Gasteiger charge is 2.22. The average molecular weight is 309 g/mol. The van der Waals surface area contributed by atoms with Gasteiger partial charge in [0.1, 0.15) is 5.69 Å². The zero-order chi connectivity index (χ0) is 14.8. The van der Waals surface area contributed by atoms with Gasteiger partial charge >= 0.3 is 0 Å². The molecule has 0 atom stereocenters. The third kappa shape index (κ3) is 2.94. The molecule has 1 aromatic rings. The van der Waals surface area contributed by atoms with Crippen molar-refractivity contribution in [2.75, 3.05) is 58.4 Å². The fourth-order valence-corrected chi connectivity index (χ4v) is 2.95. The molecule has 0 amide bonds. The number of guanidine groups is 1. The predicted molar refractivity (Wildman–Crippen MR) is 86.8 cm³/mol. The molecule has 0 saturated carbocycles. The number of para-hydroxylation sites is 1. The highest BCUT2D eigenvalue weighted by molar-refractivity contribution is 6.33. The SMILES string of the molecule is CN1CCN(C)C1=Nc1c(Cl)cccc1N1CCOCC1. The lowest BCUT2D eigenvalue weighted by Gasteiger charge is -2.30. The number of benzene rings is 1. The van der Waals surface area contributed by atoms with Gasteiger partial charge in [-0.3, -0.25) is 0 Å². The molecule has 2 fully saturated rings. The van der Waals surface area contributed by atoms with Crippen LogP contribution >= 0.6 is 11.6 Å². The van der Waals surface area contributed by atoms with Crippen molar-refractivity contribution in [1.82, 2.24) is 9.80 Å². The minimum absolute atomic E-state index is 0.695. The molecule has 0 N–H and O–H groups in total. The highest BCUT2D eigenvalue weighted by Crippen LogP contribution is 2.36. The van der Waals surface area contributed by atoms with Gasteiger partial charge in [0.15, 0.2) is 0 Å². The second kappa shape index (κ2) is 6.12. The molecule has 1 aromatic carbocycles. The van der Waals surface area contributed by atoms with E-state index in [1.807, 2.05) is 12.1 Å². The molecule has 3 rings (SSSR count). The summed E-state index contributed by atoms with van der Waals surface area (Å²) in [6.45, 7) is 5.25. The Labute approximate surface area is 130 Å². The fourth-order valence-electron chi connectivity index (χ4n) is 2.74. The number of hydrogen-bond donors (Lipinski definition) is 0. The molecule has 2 saturated heterocycles. The number of aliphatic imine (C=N–C) groups is 1. The van der Waals surface area contributed by atoms with E-state index in [0.717, 1.165) is 56.7 Å². The molecule has 2 aliphatic rings. The quantitative estimate of drug-likeness (QED) is 0.837. The van der Waals surface area contributed by atoms with Crippen molar-refractivity contribution >= 4 is 28.9 Å². The average Bonchev–Trinajstić information content (AvgIpc) is 2.82. The number of anilines is 1. The fraction of sp³-hybridized carbons (Fsp3) is 0.533. The minimum atomic E-state index is 0.695. The van der Waals surface area contributed by atoms with Crippen LogP contribution < -0.4 is 4.90 Å². The zero-order valence-corrected chi connectivity index (χ0v) is 13.3. The first-order valence-electron chi connectivity index (χ1n) is 7.29. The first-order valence-corrected chi connectivity index (χ1v) is 7.67. The van der Waals surface area contributed by atoms with Gasteiger partial charge in [-0.25, -0.2) is 4.99 Å². The molecule has 6 heteroatoms. The van der Waals surface area contributed by atoms with E-state index in [-0.39, 0.29) is 0 Å². The standard InChI is InChI=1S/C15H21ClN4O/c1-18-6-7-19(2)15(18)17-14-12(16)4-3-5-13(14)20-8-10-21-11-9-20/h3-5H,6-11H2,1-2H3. The van der Waals surface area contributed by atoms with Gasteiger partial charge in [0.05, 0.1) is 23.9 Å². The largest absolute Gasteiger partial charge is 0.378 e. The van der Waals surface area contributed by atoms with E-state index in [4.69, 9.17) is 21.3 Å². The number of halogens is 1. The van der Waals surface area contributed by atoms with Crippen LogP contribution in [-0.4, -0.2) is 69.2 Å². The highest BCUT2D eigenvalue weighted by atomic mass is 35.5. The maximum absolute atomic E-state index is 6.42. The maximum atomic E-state index is 6.42. The molecule has 5 nitrogen and oxygen atoms in total. The van der Waals surface area contributed by atoms with Crippen LogP contribution in [0.2, 0.25) is 5.02 Å². The Morgan fingerprint density at radius 1 is 1.05 bits per heavy atom. The molecular formula is C15H21ClN4O. The molecule has 0 aromatic heterocycles. The number of ether oxygens (including phenoxy) is 1. The smallest absolute Gasteiger partial charge is 0.201 e. The van der Waals surface area contributed by atoms with Gasteiger partial charge < -0.3 is 19.4 Å². The lowest BCUT2D eigenvalue weighted by Crippen LogP contribution is -2.36. The van der Waals surface area contributed by atoms with E-state index in [1.54, 1.807) is 0 Å². The van der Waals surface area contributed by atoms with E-state index in [2.05, 4.69) is 34.9 Å². The van der Waals surface area contributed by atoms with Gasteiger partial charge in [-0.05, 0) is 12.1 Å². The van der Waals surface area contributed by atoms with Crippen LogP contribution in [0.4, 0.5) is 11.4 Å². The van der Waals surface area contributed by atoms with Gasteiger partial charge in [-0.15, -0.1) is 0 Å². The Hall–Kier alpha value is -1.46. The van der Waals surface area contributed by atoms with Crippen LogP contribution in [0.15, 0.2) is 23.2 Å². The van der Waals surface area contributed by atoms with E-state index < -0.39 is 0 Å². The summed E-state index contributed by atoms with van der Waals surface area (Å²) in [5.41, 5.74) is 1.95. The van der Waals surface area contributed by atoms with Crippen LogP contribution in [-0.2, 0) is 4.74 Å². The monoisotopic (exact) mass is 308 g/mol. The molecule has 0 bridgehead atoms. The normalized spacial score (nSPS) is 19.4. The number of rotatable bonds is 2. The third-order valence-electron chi connectivity index (χ3n) is 3.98. The Kier molecular flexibility index (Phi) is 4.22. The molecule has 2 heterocycles. The number of nitrogens with zero attached hydrogens (tertiary/aromatic N) is 4. The minimum Gasteiger partial charge on any atom is -0.378 e. The number of morpholine rings is 1. The summed E-state index contributed by atoms with van der Waals surface area (Å²) >= 11 is 6.42. The molecule has 0 spiro atoms. The van der Waals surface area contributed by atoms with Crippen molar-refractivity contribution in [2.45, 2.75) is 0 Å². The summed E-state index contributed by atoms with van der Waals surface area (Å²) in [5.74, 6) is 0.970. The summed E-state index contributed by atoms with van der Waals surface area (Å²) in [5, 5.41) is 0.695. The Bertz CT molecular complexity index is 530. The van der Waals surface area contributed by atoms with Gasteiger partial charge in [0.25, 0.3) is 0 Å². The van der Waals surface area contributed by atoms with Crippen molar-refractivity contribution in [3.63, 3.8) is 0 Å². The molecule has 21 heavy (non-hydrogen) atoms. The van der Waals surface area contributed by atoms with Crippen LogP contribution in [0.3, 0.4) is 0 Å². The Morgan fingerprint density at radius 3 is 2.38 bits per heavy atom. The van der Waals surface area contributed by atoms with E-state index >= 15 is 0 Å². The second-order valence-corrected chi connectivity index (χ2v) is 5.87. The first kappa shape index (κ1) is 14.5. The Balaban J connectivity index is 1.99. The van der Waals surface area contributed by atoms with Crippen molar-refractivity contribution in [3.05, 3.63) is 23.2 Å². The van der Waals surface area contributed by atoms with Gasteiger partial charge in [-0.1, -0.05) is 17.7 Å². The zero-order valence-electron chi connectivity index (χ0n) is 12.5. The summed E-state index contributed by atoms with van der Waals surface area (Å²) in [7, 11) is 4.13. The van der Waals surface area contributed by atoms with Crippen molar-refractivity contribution in [3.8, 4) is 0 Å². The predicted octanol–water partition coefficient (Wildman–Crippen LogP) is 2.04. The third-order valence-corrected chi connectivity index (χ3v) is 4.29. The van der Waals surface area contributed by atoms with E-state index in [1.165, 1.54) is 0 Å². The molecular weight excluding hydrogens is 288 g/mol. The molecule has 0 unspecified atom stereocenters. The van der Waals surface area contributed by atoms with Crippen molar-refractivity contribution in [1.29, 1.82) is 0 Å². The van der Waals surface area contributed by atoms with Crippen molar-refractivity contribution < 1.29 is 4.74 Å². The molecule has 2 aliphatic heterocycles. The van der Waals surface area contributed by atoms with E-state index in [9.17, 15) is 0 Å². The van der Waals surface area contributed by atoms with Gasteiger partial charge in [0, 0.05) is 40.3 Å². The molecule has 0 aliphatic carbocycles. The summed E-state index contributed by atoms with van der Waals surface area (Å²) in [4.78, 5) is 11.5. The van der Waals surface area contributed by atoms with Crippen molar-refractivity contribution in [2.24, 2.45) is 4.99 Å². The Morgan fingerprint density at radius 2 is 1.71 bits per heavy atom. The van der Waals surface area contributed by atoms with Crippen LogP contribution in [0.5, 0.6) is 0 Å². The summed E-state index contributed by atoms with van der Waals surface area (Å²) in [6.07, 6.45) is 0. The first-order chi connectivity index (χ1) is 10.2. The lowest BCUT2D eigenvalue weighted by molar-refractivity contribution is 0.123. The van der Waals surface area contributed by atoms with Crippen LogP contribution in [0.1, 0.15) is 0 Å². The summed E-state index contributed by atoms with van der Waals surface area (Å²) < 4.78 is 5.43. The van der Waals surface area contributed by atoms with E-state index in [0.29, 0.717) is 5.02 Å². The topological polar surface area (TPSA) is 31.3 Å². The maximum Gasteiger partial charge on any atom is 0.201 e. The van der Waals surface area contributed by atoms with Gasteiger partial charge in [-0.2, -0.15) is 0 Å². The van der Waals surface area contributed by atoms with Crippen LogP contribution in [0, 0.1) is 0 Å². The van der Waals surface area contributed by atoms with Gasteiger partial charge in [0.2, 0.25) is 5.96 Å². The molecule has 0 radical (unpaired) electrons. The summed E-state index contributed by atoms with van der Waals surface area (Å²) in [6, 6.07) is 5.98. The lowest BCUT2D eigenvalue weighted by atomic mass is 10.2. The number of likely N-dealkylation sites (N-methyl/N-ethyl adjacent to an activating group) is 2. The second-order valence-electron chi connectivity index (χ2n) is 5.46. The number of hydrogen-bond acceptors (Lipinski definition) is 3. The van der Waals surface area contributed by atoms with Crippen LogP contribution in [0.25, 0.3) is 0 Å².